The van der Waals surface area contributed by atoms with Gasteiger partial charge in [-0.15, -0.1) is 0 Å². The first-order valence-corrected chi connectivity index (χ1v) is 6.42. The third kappa shape index (κ3) is 2.43. The van der Waals surface area contributed by atoms with Gasteiger partial charge in [0.05, 0.1) is 12.3 Å². The lowest BCUT2D eigenvalue weighted by Crippen LogP contribution is -2.48. The maximum Gasteiger partial charge on any atom is 0.234 e. The molecule has 0 spiro atoms. The summed E-state index contributed by atoms with van der Waals surface area (Å²) in [6, 6.07) is 3.33. The summed E-state index contributed by atoms with van der Waals surface area (Å²) in [4.78, 5) is 12.4. The Morgan fingerprint density at radius 3 is 2.79 bits per heavy atom. The Labute approximate surface area is 111 Å². The van der Waals surface area contributed by atoms with Gasteiger partial charge >= 0.3 is 0 Å². The predicted octanol–water partition coefficient (Wildman–Crippen LogP) is 1.76. The largest absolute Gasteiger partial charge is 0.467 e. The molecule has 4 N–H and O–H groups in total. The van der Waals surface area contributed by atoms with Crippen LogP contribution in [-0.2, 0) is 4.79 Å². The Hall–Kier alpha value is -1.98. The Morgan fingerprint density at radius 1 is 1.58 bits per heavy atom. The van der Waals surface area contributed by atoms with Crippen molar-refractivity contribution in [2.75, 3.05) is 0 Å². The van der Waals surface area contributed by atoms with Crippen LogP contribution < -0.4 is 11.1 Å². The molecule has 1 saturated carbocycles. The average Bonchev–Trinajstić information content (AvgIpc) is 3.09. The quantitative estimate of drug-likeness (QED) is 0.334. The fraction of sp³-hybridized carbons (Fsp3) is 0.538. The van der Waals surface area contributed by atoms with E-state index in [0.717, 1.165) is 12.8 Å². The predicted molar refractivity (Wildman–Crippen MR) is 69.6 cm³/mol. The Kier molecular flexibility index (Phi) is 3.78. The van der Waals surface area contributed by atoms with E-state index in [-0.39, 0.29) is 17.8 Å². The number of nitrogens with two attached hydrogens (primary N) is 1. The maximum atomic E-state index is 12.4. The number of amides is 1. The third-order valence-electron chi connectivity index (χ3n) is 3.81. The summed E-state index contributed by atoms with van der Waals surface area (Å²) in [6.45, 7) is 1.84. The van der Waals surface area contributed by atoms with Crippen LogP contribution in [0.5, 0.6) is 0 Å². The van der Waals surface area contributed by atoms with Gasteiger partial charge in [-0.05, 0) is 31.9 Å². The van der Waals surface area contributed by atoms with Crippen molar-refractivity contribution in [2.45, 2.75) is 38.6 Å². The summed E-state index contributed by atoms with van der Waals surface area (Å²) in [6.07, 6.45) is 4.59. The standard InChI is InChI=1S/C13H19N3O3/c1-9(10-5-4-8-19-10)15-12(17)13(11(14)16-18)6-2-3-7-13/h4-5,8-9,18H,2-3,6-7H2,1H3,(H2,14,16)(H,15,17). The van der Waals surface area contributed by atoms with Crippen LogP contribution in [0.15, 0.2) is 28.0 Å². The zero-order chi connectivity index (χ0) is 13.9. The minimum absolute atomic E-state index is 0.00542. The topological polar surface area (TPSA) is 101 Å². The number of furan rings is 1. The SMILES string of the molecule is CC(NC(=O)C1(/C(N)=N/O)CCCC1)c1ccco1. The second-order valence-electron chi connectivity index (χ2n) is 4.99. The first-order valence-electron chi connectivity index (χ1n) is 6.42. The van der Waals surface area contributed by atoms with Crippen molar-refractivity contribution < 1.29 is 14.4 Å². The van der Waals surface area contributed by atoms with Crippen LogP contribution in [0.3, 0.4) is 0 Å². The summed E-state index contributed by atoms with van der Waals surface area (Å²) in [5, 5.41) is 14.8. The van der Waals surface area contributed by atoms with Crippen LogP contribution >= 0.6 is 0 Å². The van der Waals surface area contributed by atoms with Crippen LogP contribution in [0.2, 0.25) is 0 Å². The highest BCUT2D eigenvalue weighted by Gasteiger charge is 2.45. The number of rotatable bonds is 4. The maximum absolute atomic E-state index is 12.4. The minimum Gasteiger partial charge on any atom is -0.467 e. The minimum atomic E-state index is -0.879. The monoisotopic (exact) mass is 265 g/mol. The molecule has 6 heteroatoms. The van der Waals surface area contributed by atoms with Crippen molar-refractivity contribution in [3.63, 3.8) is 0 Å². The smallest absolute Gasteiger partial charge is 0.234 e. The first-order chi connectivity index (χ1) is 9.10. The van der Waals surface area contributed by atoms with Crippen LogP contribution in [0.4, 0.5) is 0 Å². The van der Waals surface area contributed by atoms with Gasteiger partial charge in [0.2, 0.25) is 5.91 Å². The molecule has 1 fully saturated rings. The number of nitrogens with one attached hydrogen (secondary N) is 1. The van der Waals surface area contributed by atoms with Gasteiger partial charge in [0, 0.05) is 0 Å². The van der Waals surface area contributed by atoms with E-state index in [4.69, 9.17) is 15.4 Å². The van der Waals surface area contributed by atoms with Gasteiger partial charge in [0.1, 0.15) is 11.2 Å². The molecule has 6 nitrogen and oxygen atoms in total. The highest BCUT2D eigenvalue weighted by Crippen LogP contribution is 2.39. The summed E-state index contributed by atoms with van der Waals surface area (Å²) < 4.78 is 5.25. The lowest BCUT2D eigenvalue weighted by Gasteiger charge is -2.27. The zero-order valence-electron chi connectivity index (χ0n) is 10.9. The molecule has 1 atom stereocenters. The van der Waals surface area contributed by atoms with E-state index < -0.39 is 5.41 Å². The van der Waals surface area contributed by atoms with Gasteiger partial charge < -0.3 is 20.7 Å². The zero-order valence-corrected chi connectivity index (χ0v) is 10.9. The molecule has 0 aliphatic heterocycles. The number of hydrogen-bond acceptors (Lipinski definition) is 4. The van der Waals surface area contributed by atoms with Crippen molar-refractivity contribution in [1.82, 2.24) is 5.32 Å². The second kappa shape index (κ2) is 5.34. The average molecular weight is 265 g/mol. The lowest BCUT2D eigenvalue weighted by atomic mass is 9.83. The fourth-order valence-corrected chi connectivity index (χ4v) is 2.62. The summed E-state index contributed by atoms with van der Waals surface area (Å²) in [5.74, 6) is 0.472. The number of oxime groups is 1. The molecule has 1 aliphatic carbocycles. The normalized spacial score (nSPS) is 20.2. The molecule has 1 unspecified atom stereocenters. The molecule has 2 rings (SSSR count). The number of amidine groups is 1. The highest BCUT2D eigenvalue weighted by atomic mass is 16.4. The van der Waals surface area contributed by atoms with Gasteiger partial charge in [-0.1, -0.05) is 18.0 Å². The van der Waals surface area contributed by atoms with Gasteiger partial charge in [0.25, 0.3) is 0 Å². The molecule has 0 bridgehead atoms. The van der Waals surface area contributed by atoms with Crippen molar-refractivity contribution in [2.24, 2.45) is 16.3 Å². The molecule has 0 radical (unpaired) electrons. The molecule has 0 saturated heterocycles. The van der Waals surface area contributed by atoms with E-state index >= 15 is 0 Å². The number of hydrogen-bond donors (Lipinski definition) is 3. The molecule has 1 amide bonds. The lowest BCUT2D eigenvalue weighted by molar-refractivity contribution is -0.128. The van der Waals surface area contributed by atoms with E-state index in [1.165, 1.54) is 0 Å². The number of nitrogens with zero attached hydrogens (tertiary/aromatic N) is 1. The van der Waals surface area contributed by atoms with E-state index in [0.29, 0.717) is 18.6 Å². The van der Waals surface area contributed by atoms with Crippen LogP contribution in [-0.4, -0.2) is 17.0 Å². The number of carbonyl (C=O) groups excluding carboxylic acids is 1. The molecule has 104 valence electrons. The fourth-order valence-electron chi connectivity index (χ4n) is 2.62. The summed E-state index contributed by atoms with van der Waals surface area (Å²) in [7, 11) is 0. The first kappa shape index (κ1) is 13.5. The summed E-state index contributed by atoms with van der Waals surface area (Å²) >= 11 is 0. The molecule has 1 aliphatic rings. The van der Waals surface area contributed by atoms with Crippen molar-refractivity contribution in [3.8, 4) is 0 Å². The van der Waals surface area contributed by atoms with Crippen LogP contribution in [0.1, 0.15) is 44.4 Å². The Morgan fingerprint density at radius 2 is 2.26 bits per heavy atom. The van der Waals surface area contributed by atoms with E-state index in [2.05, 4.69) is 10.5 Å². The van der Waals surface area contributed by atoms with Gasteiger partial charge in [-0.3, -0.25) is 4.79 Å². The van der Waals surface area contributed by atoms with E-state index in [9.17, 15) is 4.79 Å². The van der Waals surface area contributed by atoms with Crippen LogP contribution in [0, 0.1) is 5.41 Å². The van der Waals surface area contributed by atoms with Crippen molar-refractivity contribution in [3.05, 3.63) is 24.2 Å². The highest BCUT2D eigenvalue weighted by molar-refractivity contribution is 6.07. The van der Waals surface area contributed by atoms with Crippen LogP contribution in [0.25, 0.3) is 0 Å². The van der Waals surface area contributed by atoms with Gasteiger partial charge in [-0.25, -0.2) is 0 Å². The van der Waals surface area contributed by atoms with E-state index in [1.54, 1.807) is 18.4 Å². The summed E-state index contributed by atoms with van der Waals surface area (Å²) in [5.41, 5.74) is 4.84. The molecule has 1 aromatic rings. The molecule has 1 heterocycles. The molecular weight excluding hydrogens is 246 g/mol. The van der Waals surface area contributed by atoms with Crippen molar-refractivity contribution in [1.29, 1.82) is 0 Å². The second-order valence-corrected chi connectivity index (χ2v) is 4.99. The Balaban J connectivity index is 2.13. The molecule has 1 aromatic heterocycles. The Bertz CT molecular complexity index is 461. The van der Waals surface area contributed by atoms with Gasteiger partial charge in [0.15, 0.2) is 5.84 Å². The third-order valence-corrected chi connectivity index (χ3v) is 3.81. The molecular formula is C13H19N3O3. The number of carbonyl (C=O) groups is 1. The van der Waals surface area contributed by atoms with Crippen molar-refractivity contribution >= 4 is 11.7 Å². The van der Waals surface area contributed by atoms with Gasteiger partial charge in [-0.2, -0.15) is 0 Å². The molecule has 0 aromatic carbocycles. The molecule has 19 heavy (non-hydrogen) atoms. The van der Waals surface area contributed by atoms with E-state index in [1.807, 2.05) is 6.92 Å².